The molecule has 0 aliphatic rings. The highest BCUT2D eigenvalue weighted by Gasteiger charge is 2.33. The number of alkyl halides is 3. The van der Waals surface area contributed by atoms with Crippen molar-refractivity contribution in [3.63, 3.8) is 0 Å². The van der Waals surface area contributed by atoms with Crippen LogP contribution < -0.4 is 10.1 Å². The number of hydrogen-bond donors (Lipinski definition) is 1. The molecule has 0 aliphatic carbocycles. The Balaban J connectivity index is 2.04. The van der Waals surface area contributed by atoms with Gasteiger partial charge in [-0.1, -0.05) is 29.8 Å². The number of carbonyl (C=O) groups is 1. The second-order valence-corrected chi connectivity index (χ2v) is 6.16. The largest absolute Gasteiger partial charge is 0.495 e. The Morgan fingerprint density at radius 3 is 2.58 bits per heavy atom. The fourth-order valence-electron chi connectivity index (χ4n) is 2.49. The van der Waals surface area contributed by atoms with Gasteiger partial charge in [0.1, 0.15) is 5.75 Å². The summed E-state index contributed by atoms with van der Waals surface area (Å²) < 4.78 is 44.3. The van der Waals surface area contributed by atoms with E-state index in [-0.39, 0.29) is 18.7 Å². The fourth-order valence-corrected chi connectivity index (χ4v) is 2.67. The minimum absolute atomic E-state index is 0.0181. The highest BCUT2D eigenvalue weighted by atomic mass is 35.5. The number of halogens is 4. The third-order valence-corrected chi connectivity index (χ3v) is 3.85. The van der Waals surface area contributed by atoms with Gasteiger partial charge in [0.05, 0.1) is 24.9 Å². The minimum atomic E-state index is -4.44. The SMILES string of the molecule is COc1ccc(Cl)cc1NC(=O)CN(C)Cc1ccccc1C(F)(F)F. The average molecular weight is 387 g/mol. The highest BCUT2D eigenvalue weighted by Crippen LogP contribution is 2.32. The normalized spacial score (nSPS) is 11.5. The van der Waals surface area contributed by atoms with Crippen LogP contribution in [0.5, 0.6) is 5.75 Å². The topological polar surface area (TPSA) is 41.6 Å². The van der Waals surface area contributed by atoms with Crippen molar-refractivity contribution < 1.29 is 22.7 Å². The van der Waals surface area contributed by atoms with Crippen molar-refractivity contribution in [2.45, 2.75) is 12.7 Å². The van der Waals surface area contributed by atoms with E-state index < -0.39 is 17.6 Å². The van der Waals surface area contributed by atoms with Crippen LogP contribution in [0.25, 0.3) is 0 Å². The number of nitrogens with zero attached hydrogens (tertiary/aromatic N) is 1. The Hall–Kier alpha value is -2.25. The Bertz CT molecular complexity index is 781. The first-order valence-corrected chi connectivity index (χ1v) is 8.05. The van der Waals surface area contributed by atoms with Crippen LogP contribution in [0.3, 0.4) is 0 Å². The van der Waals surface area contributed by atoms with E-state index in [4.69, 9.17) is 16.3 Å². The summed E-state index contributed by atoms with van der Waals surface area (Å²) in [5.41, 5.74) is -0.200. The van der Waals surface area contributed by atoms with E-state index in [0.717, 1.165) is 6.07 Å². The molecule has 140 valence electrons. The molecule has 0 unspecified atom stereocenters. The lowest BCUT2D eigenvalue weighted by Crippen LogP contribution is -2.30. The third-order valence-electron chi connectivity index (χ3n) is 3.61. The molecule has 0 saturated heterocycles. The molecule has 0 aromatic heterocycles. The van der Waals surface area contributed by atoms with Crippen LogP contribution in [0, 0.1) is 0 Å². The van der Waals surface area contributed by atoms with Crippen LogP contribution >= 0.6 is 11.6 Å². The summed E-state index contributed by atoms with van der Waals surface area (Å²) in [5, 5.41) is 3.08. The highest BCUT2D eigenvalue weighted by molar-refractivity contribution is 6.31. The summed E-state index contributed by atoms with van der Waals surface area (Å²) >= 11 is 5.91. The number of nitrogens with one attached hydrogen (secondary N) is 1. The van der Waals surface area contributed by atoms with Crippen molar-refractivity contribution in [2.75, 3.05) is 26.0 Å². The van der Waals surface area contributed by atoms with E-state index in [9.17, 15) is 18.0 Å². The van der Waals surface area contributed by atoms with E-state index in [1.54, 1.807) is 19.2 Å². The lowest BCUT2D eigenvalue weighted by Gasteiger charge is -2.20. The summed E-state index contributed by atoms with van der Waals surface area (Å²) in [6.45, 7) is -0.113. The fraction of sp³-hybridized carbons (Fsp3) is 0.278. The molecule has 0 bridgehead atoms. The molecule has 8 heteroatoms. The molecule has 26 heavy (non-hydrogen) atoms. The molecule has 0 saturated carbocycles. The van der Waals surface area contributed by atoms with Crippen LogP contribution in [0.1, 0.15) is 11.1 Å². The summed E-state index contributed by atoms with van der Waals surface area (Å²) in [6, 6.07) is 10.1. The predicted molar refractivity (Wildman–Crippen MR) is 94.4 cm³/mol. The van der Waals surface area contributed by atoms with E-state index in [0.29, 0.717) is 16.5 Å². The maximum atomic E-state index is 13.0. The van der Waals surface area contributed by atoms with Crippen molar-refractivity contribution in [3.8, 4) is 5.75 Å². The van der Waals surface area contributed by atoms with Gasteiger partial charge < -0.3 is 10.1 Å². The van der Waals surface area contributed by atoms with Gasteiger partial charge in [-0.2, -0.15) is 13.2 Å². The van der Waals surface area contributed by atoms with Gasteiger partial charge in [0, 0.05) is 11.6 Å². The number of rotatable bonds is 6. The summed E-state index contributed by atoms with van der Waals surface area (Å²) in [6.07, 6.45) is -4.44. The van der Waals surface area contributed by atoms with Crippen LogP contribution in [-0.2, 0) is 17.5 Å². The molecule has 0 aliphatic heterocycles. The standard InChI is InChI=1S/C18H18ClF3N2O2/c1-24(10-12-5-3-4-6-14(12)18(20,21)22)11-17(25)23-15-9-13(19)7-8-16(15)26-2/h3-9H,10-11H2,1-2H3,(H,23,25). The summed E-state index contributed by atoms with van der Waals surface area (Å²) in [5.74, 6) is 0.0466. The van der Waals surface area contributed by atoms with E-state index in [1.165, 1.54) is 36.3 Å². The smallest absolute Gasteiger partial charge is 0.416 e. The van der Waals surface area contributed by atoms with E-state index in [2.05, 4.69) is 5.32 Å². The molecule has 0 heterocycles. The first kappa shape index (κ1) is 20.1. The monoisotopic (exact) mass is 386 g/mol. The van der Waals surface area contributed by atoms with Gasteiger partial charge in [0.2, 0.25) is 5.91 Å². The first-order valence-electron chi connectivity index (χ1n) is 7.67. The van der Waals surface area contributed by atoms with E-state index >= 15 is 0 Å². The Labute approximate surface area is 154 Å². The van der Waals surface area contributed by atoms with Gasteiger partial charge >= 0.3 is 6.18 Å². The van der Waals surface area contributed by atoms with Crippen LogP contribution in [0.4, 0.5) is 18.9 Å². The first-order chi connectivity index (χ1) is 12.2. The number of likely N-dealkylation sites (N-methyl/N-ethyl adjacent to an activating group) is 1. The maximum absolute atomic E-state index is 13.0. The molecule has 0 spiro atoms. The number of hydrogen-bond acceptors (Lipinski definition) is 3. The zero-order valence-corrected chi connectivity index (χ0v) is 15.0. The number of ether oxygens (including phenoxy) is 1. The van der Waals surface area contributed by atoms with E-state index in [1.807, 2.05) is 0 Å². The molecule has 0 atom stereocenters. The predicted octanol–water partition coefficient (Wildman–Crippen LogP) is 4.44. The molecule has 2 aromatic rings. The summed E-state index contributed by atoms with van der Waals surface area (Å²) in [7, 11) is 3.03. The second-order valence-electron chi connectivity index (χ2n) is 5.72. The zero-order valence-electron chi connectivity index (χ0n) is 14.2. The van der Waals surface area contributed by atoms with Gasteiger partial charge in [0.25, 0.3) is 0 Å². The molecular formula is C18H18ClF3N2O2. The van der Waals surface area contributed by atoms with Gasteiger partial charge in [0.15, 0.2) is 0 Å². The Morgan fingerprint density at radius 2 is 1.92 bits per heavy atom. The molecule has 2 aromatic carbocycles. The lowest BCUT2D eigenvalue weighted by atomic mass is 10.1. The summed E-state index contributed by atoms with van der Waals surface area (Å²) in [4.78, 5) is 13.7. The minimum Gasteiger partial charge on any atom is -0.495 e. The molecule has 2 rings (SSSR count). The van der Waals surface area contributed by atoms with Crippen molar-refractivity contribution >= 4 is 23.2 Å². The van der Waals surface area contributed by atoms with Crippen molar-refractivity contribution in [1.82, 2.24) is 4.90 Å². The second kappa shape index (κ2) is 8.42. The maximum Gasteiger partial charge on any atom is 0.416 e. The molecule has 0 radical (unpaired) electrons. The number of benzene rings is 2. The van der Waals surface area contributed by atoms with Crippen molar-refractivity contribution in [1.29, 1.82) is 0 Å². The van der Waals surface area contributed by atoms with Gasteiger partial charge in [-0.25, -0.2) is 0 Å². The van der Waals surface area contributed by atoms with Gasteiger partial charge in [-0.3, -0.25) is 9.69 Å². The quantitative estimate of drug-likeness (QED) is 0.798. The molecule has 1 amide bonds. The lowest BCUT2D eigenvalue weighted by molar-refractivity contribution is -0.138. The molecule has 4 nitrogen and oxygen atoms in total. The average Bonchev–Trinajstić information content (AvgIpc) is 2.54. The number of methoxy groups -OCH3 is 1. The Morgan fingerprint density at radius 1 is 1.23 bits per heavy atom. The van der Waals surface area contributed by atoms with Crippen LogP contribution in [0.2, 0.25) is 5.02 Å². The van der Waals surface area contributed by atoms with Crippen molar-refractivity contribution in [3.05, 3.63) is 58.6 Å². The van der Waals surface area contributed by atoms with Crippen LogP contribution in [0.15, 0.2) is 42.5 Å². The van der Waals surface area contributed by atoms with Crippen molar-refractivity contribution in [2.24, 2.45) is 0 Å². The molecule has 0 fully saturated rings. The third kappa shape index (κ3) is 5.37. The Kier molecular flexibility index (Phi) is 6.50. The van der Waals surface area contributed by atoms with Gasteiger partial charge in [-0.05, 0) is 36.9 Å². The zero-order chi connectivity index (χ0) is 19.3. The number of carbonyl (C=O) groups excluding carboxylic acids is 1. The molecule has 1 N–H and O–H groups in total. The number of amides is 1. The van der Waals surface area contributed by atoms with Crippen LogP contribution in [-0.4, -0.2) is 31.5 Å². The molecular weight excluding hydrogens is 369 g/mol. The number of anilines is 1. The van der Waals surface area contributed by atoms with Gasteiger partial charge in [-0.15, -0.1) is 0 Å².